The number of fused-ring (bicyclic) bond motifs is 3. The molecule has 51 heavy (non-hydrogen) atoms. The number of amides is 4. The van der Waals surface area contributed by atoms with Crippen molar-refractivity contribution in [1.29, 1.82) is 0 Å². The third-order valence-corrected chi connectivity index (χ3v) is 10.3. The zero-order valence-electron chi connectivity index (χ0n) is 29.2. The van der Waals surface area contributed by atoms with E-state index < -0.39 is 74.0 Å². The monoisotopic (exact) mass is 747 g/mol. The first-order valence-electron chi connectivity index (χ1n) is 16.3. The van der Waals surface area contributed by atoms with E-state index in [1.807, 2.05) is 4.72 Å². The van der Waals surface area contributed by atoms with Gasteiger partial charge in [0.25, 0.3) is 5.91 Å². The van der Waals surface area contributed by atoms with Crippen LogP contribution in [0.25, 0.3) is 10.8 Å². The van der Waals surface area contributed by atoms with Crippen LogP contribution in [0.4, 0.5) is 4.79 Å². The molecular formula is C34H42ClN5O10S. The van der Waals surface area contributed by atoms with Crippen LogP contribution in [0.1, 0.15) is 60.8 Å². The number of aromatic nitrogens is 1. The van der Waals surface area contributed by atoms with E-state index in [0.717, 1.165) is 6.08 Å². The lowest BCUT2D eigenvalue weighted by atomic mass is 9.85. The topological polar surface area (TPSA) is 192 Å². The number of halogens is 1. The number of carbonyl (C=O) groups is 4. The molecule has 0 radical (unpaired) electrons. The second-order valence-electron chi connectivity index (χ2n) is 14.5. The summed E-state index contributed by atoms with van der Waals surface area (Å²) in [5.41, 5.74) is -2.10. The highest BCUT2D eigenvalue weighted by molar-refractivity contribution is 7.91. The van der Waals surface area contributed by atoms with E-state index in [2.05, 4.69) is 22.2 Å². The molecule has 3 atom stereocenters. The Hall–Kier alpha value is -4.57. The molecule has 0 bridgehead atoms. The SMILES string of the molecule is C=C/C=C(/NC(=O)[C@@H]1C[C@@H](Oc2cc3c(Cl)nccc3c3c2OCO3)CN1C(=O)[C@@H](NC(=O)OC(C)(C)C)C(C)(C)C)C(=O)NS(=O)(=O)C1CC1. The van der Waals surface area contributed by atoms with Gasteiger partial charge in [0.05, 0.1) is 11.8 Å². The van der Waals surface area contributed by atoms with Gasteiger partial charge in [0, 0.05) is 23.4 Å². The van der Waals surface area contributed by atoms with Gasteiger partial charge in [-0.2, -0.15) is 0 Å². The van der Waals surface area contributed by atoms with Crippen LogP contribution in [0.2, 0.25) is 5.15 Å². The molecule has 2 fully saturated rings. The quantitative estimate of drug-likeness (QED) is 0.182. The molecule has 1 aromatic carbocycles. The molecule has 0 unspecified atom stereocenters. The van der Waals surface area contributed by atoms with Gasteiger partial charge in [-0.3, -0.25) is 14.4 Å². The van der Waals surface area contributed by atoms with E-state index in [4.69, 9.17) is 30.5 Å². The van der Waals surface area contributed by atoms with Gasteiger partial charge in [0.1, 0.15) is 34.6 Å². The lowest BCUT2D eigenvalue weighted by molar-refractivity contribution is -0.142. The number of nitrogens with zero attached hydrogens (tertiary/aromatic N) is 2. The van der Waals surface area contributed by atoms with E-state index in [1.54, 1.807) is 53.7 Å². The Morgan fingerprint density at radius 3 is 2.41 bits per heavy atom. The van der Waals surface area contributed by atoms with Crippen LogP contribution in [0.3, 0.4) is 0 Å². The molecule has 1 saturated heterocycles. The number of allylic oxidation sites excluding steroid dienone is 2. The second kappa shape index (κ2) is 14.2. The summed E-state index contributed by atoms with van der Waals surface area (Å²) < 4.78 is 50.2. The summed E-state index contributed by atoms with van der Waals surface area (Å²) in [6, 6.07) is 0.947. The van der Waals surface area contributed by atoms with E-state index in [1.165, 1.54) is 17.2 Å². The van der Waals surface area contributed by atoms with E-state index in [-0.39, 0.29) is 30.7 Å². The number of likely N-dealkylation sites (tertiary alicyclic amines) is 1. The van der Waals surface area contributed by atoms with Gasteiger partial charge in [-0.1, -0.05) is 45.0 Å². The van der Waals surface area contributed by atoms with E-state index >= 15 is 0 Å². The van der Waals surface area contributed by atoms with Gasteiger partial charge in [0.2, 0.25) is 34.4 Å². The standard InChI is InChI=1S/C34H42ClN5O10S/c1-8-9-22(29(41)39-51(45,46)19-10-11-19)37-30(42)23-14-18(16-40(23)31(43)27(33(2,3)4)38-32(44)50-34(5,6)7)49-24-15-21-20(12-13-36-28(21)35)25-26(24)48-17-47-25/h8-9,12-13,15,18-19,23,27H,1,10-11,14,16-17H2,2-7H3,(H,37,42)(H,38,44)(H,39,41)/b22-9+/t18-,23+,27-/m1/s1. The fourth-order valence-corrected chi connectivity index (χ4v) is 7.18. The Morgan fingerprint density at radius 1 is 1.10 bits per heavy atom. The number of benzene rings is 1. The Bertz CT molecular complexity index is 1900. The van der Waals surface area contributed by atoms with Crippen LogP contribution in [0.5, 0.6) is 17.2 Å². The average Bonchev–Trinajstić information content (AvgIpc) is 3.62. The number of rotatable bonds is 10. The number of carbonyl (C=O) groups excluding carboxylic acids is 4. The maximum atomic E-state index is 14.4. The van der Waals surface area contributed by atoms with Gasteiger partial charge in [-0.25, -0.2) is 22.9 Å². The van der Waals surface area contributed by atoms with Crippen LogP contribution >= 0.6 is 11.6 Å². The third kappa shape index (κ3) is 8.67. The number of alkyl carbamates (subject to hydrolysis) is 1. The Morgan fingerprint density at radius 2 is 1.78 bits per heavy atom. The largest absolute Gasteiger partial charge is 0.484 e. The fourth-order valence-electron chi connectivity index (χ4n) is 5.68. The van der Waals surface area contributed by atoms with Crippen molar-refractivity contribution in [3.8, 4) is 17.2 Å². The molecular weight excluding hydrogens is 706 g/mol. The molecule has 15 nitrogen and oxygen atoms in total. The number of ether oxygens (including phenoxy) is 4. The lowest BCUT2D eigenvalue weighted by Crippen LogP contribution is -2.58. The molecule has 3 aliphatic rings. The highest BCUT2D eigenvalue weighted by Gasteiger charge is 2.47. The summed E-state index contributed by atoms with van der Waals surface area (Å²) in [4.78, 5) is 59.7. The van der Waals surface area contributed by atoms with Gasteiger partial charge in [-0.15, -0.1) is 0 Å². The van der Waals surface area contributed by atoms with E-state index in [0.29, 0.717) is 35.1 Å². The van der Waals surface area contributed by atoms with Crippen LogP contribution < -0.4 is 29.6 Å². The number of pyridine rings is 1. The molecule has 5 rings (SSSR count). The molecule has 2 aromatic rings. The summed E-state index contributed by atoms with van der Waals surface area (Å²) >= 11 is 6.40. The van der Waals surface area contributed by atoms with Crippen LogP contribution in [0.15, 0.2) is 42.8 Å². The molecule has 2 aliphatic heterocycles. The Balaban J connectivity index is 1.46. The minimum absolute atomic E-state index is 0.0708. The number of sulfonamides is 1. The van der Waals surface area contributed by atoms with Crippen LogP contribution in [-0.4, -0.2) is 84.5 Å². The summed E-state index contributed by atoms with van der Waals surface area (Å²) in [6.45, 7) is 13.6. The minimum atomic E-state index is -3.95. The minimum Gasteiger partial charge on any atom is -0.484 e. The van der Waals surface area contributed by atoms with Crippen LogP contribution in [0, 0.1) is 5.41 Å². The summed E-state index contributed by atoms with van der Waals surface area (Å²) in [5.74, 6) is -1.55. The first-order chi connectivity index (χ1) is 23.8. The zero-order valence-corrected chi connectivity index (χ0v) is 30.8. The number of hydrogen-bond donors (Lipinski definition) is 3. The van der Waals surface area contributed by atoms with Gasteiger partial charge < -0.3 is 34.5 Å². The summed E-state index contributed by atoms with van der Waals surface area (Å²) in [5, 5.41) is 5.82. The third-order valence-electron chi connectivity index (χ3n) is 8.20. The maximum Gasteiger partial charge on any atom is 0.408 e. The molecule has 1 aliphatic carbocycles. The summed E-state index contributed by atoms with van der Waals surface area (Å²) in [6.07, 6.45) is 3.02. The van der Waals surface area contributed by atoms with Crippen molar-refractivity contribution in [3.63, 3.8) is 0 Å². The molecule has 4 amide bonds. The van der Waals surface area contributed by atoms with Gasteiger partial charge in [0.15, 0.2) is 11.5 Å². The predicted octanol–water partition coefficient (Wildman–Crippen LogP) is 3.70. The molecule has 1 saturated carbocycles. The molecule has 3 N–H and O–H groups in total. The molecule has 1 aromatic heterocycles. The van der Waals surface area contributed by atoms with Crippen molar-refractivity contribution in [2.24, 2.45) is 5.41 Å². The Kier molecular flexibility index (Phi) is 10.5. The normalized spacial score (nSPS) is 19.7. The van der Waals surface area contributed by atoms with E-state index in [9.17, 15) is 27.6 Å². The molecule has 0 spiro atoms. The van der Waals surface area contributed by atoms with Gasteiger partial charge >= 0.3 is 6.09 Å². The van der Waals surface area contributed by atoms with Crippen molar-refractivity contribution in [3.05, 3.63) is 47.9 Å². The van der Waals surface area contributed by atoms with Gasteiger partial charge in [-0.05, 0) is 57.2 Å². The second-order valence-corrected chi connectivity index (χ2v) is 16.9. The number of hydrogen-bond acceptors (Lipinski definition) is 11. The number of nitrogens with one attached hydrogen (secondary N) is 3. The first kappa shape index (κ1) is 37.7. The average molecular weight is 748 g/mol. The molecule has 17 heteroatoms. The predicted molar refractivity (Wildman–Crippen MR) is 187 cm³/mol. The summed E-state index contributed by atoms with van der Waals surface area (Å²) in [7, 11) is -3.95. The Labute approximate surface area is 301 Å². The highest BCUT2D eigenvalue weighted by Crippen LogP contribution is 2.48. The van der Waals surface area contributed by atoms with Crippen molar-refractivity contribution < 1.29 is 46.5 Å². The van der Waals surface area contributed by atoms with Crippen molar-refractivity contribution in [1.82, 2.24) is 25.2 Å². The molecule has 3 heterocycles. The highest BCUT2D eigenvalue weighted by atomic mass is 35.5. The lowest BCUT2D eigenvalue weighted by Gasteiger charge is -2.35. The maximum absolute atomic E-state index is 14.4. The fraction of sp³-hybridized carbons (Fsp3) is 0.500. The van der Waals surface area contributed by atoms with Crippen molar-refractivity contribution >= 4 is 56.2 Å². The van der Waals surface area contributed by atoms with Crippen LogP contribution in [-0.2, 0) is 29.1 Å². The smallest absolute Gasteiger partial charge is 0.408 e. The van der Waals surface area contributed by atoms with Crippen molar-refractivity contribution in [2.75, 3.05) is 13.3 Å². The van der Waals surface area contributed by atoms with Crippen molar-refractivity contribution in [2.45, 2.75) is 89.8 Å². The zero-order chi connectivity index (χ0) is 37.5. The molecule has 276 valence electrons. The first-order valence-corrected chi connectivity index (χ1v) is 18.2.